The van der Waals surface area contributed by atoms with Crippen LogP contribution in [-0.2, 0) is 10.5 Å². The van der Waals surface area contributed by atoms with Gasteiger partial charge in [0.2, 0.25) is 5.16 Å². The molecule has 2 aromatic carbocycles. The first kappa shape index (κ1) is 18.2. The Kier molecular flexibility index (Phi) is 6.04. The number of methoxy groups -OCH3 is 1. The van der Waals surface area contributed by atoms with Crippen LogP contribution in [0.5, 0.6) is 0 Å². The highest BCUT2D eigenvalue weighted by Crippen LogP contribution is 2.21. The second kappa shape index (κ2) is 8.64. The van der Waals surface area contributed by atoms with Crippen molar-refractivity contribution in [2.75, 3.05) is 7.11 Å². The zero-order valence-electron chi connectivity index (χ0n) is 13.9. The molecule has 0 atom stereocenters. The average Bonchev–Trinajstić information content (AvgIpc) is 3.13. The van der Waals surface area contributed by atoms with Gasteiger partial charge in [-0.3, -0.25) is 0 Å². The van der Waals surface area contributed by atoms with E-state index >= 15 is 0 Å². The molecular weight excluding hydrogens is 372 g/mol. The largest absolute Gasteiger partial charge is 0.465 e. The Hall–Kier alpha value is -2.64. The van der Waals surface area contributed by atoms with E-state index in [1.807, 2.05) is 24.3 Å². The Morgan fingerprint density at radius 2 is 1.96 bits per heavy atom. The minimum atomic E-state index is -0.367. The van der Waals surface area contributed by atoms with Crippen molar-refractivity contribution < 1.29 is 9.53 Å². The highest BCUT2D eigenvalue weighted by atomic mass is 35.5. The second-order valence-corrected chi connectivity index (χ2v) is 6.61. The first-order chi connectivity index (χ1) is 12.7. The SMILES string of the molecule is COC(=O)c1ccc(/C=N\n2cnnc2SCc2ccc(Cl)cc2)cc1. The normalized spacial score (nSPS) is 11.0. The third kappa shape index (κ3) is 4.71. The van der Waals surface area contributed by atoms with Crippen LogP contribution < -0.4 is 0 Å². The van der Waals surface area contributed by atoms with Gasteiger partial charge in [0, 0.05) is 10.8 Å². The molecule has 0 spiro atoms. The summed E-state index contributed by atoms with van der Waals surface area (Å²) in [5.74, 6) is 0.368. The second-order valence-electron chi connectivity index (χ2n) is 5.23. The summed E-state index contributed by atoms with van der Waals surface area (Å²) in [5, 5.41) is 13.8. The van der Waals surface area contributed by atoms with Gasteiger partial charge in [0.1, 0.15) is 6.33 Å². The number of ether oxygens (including phenoxy) is 1. The Balaban J connectivity index is 1.65. The summed E-state index contributed by atoms with van der Waals surface area (Å²) in [6, 6.07) is 14.6. The van der Waals surface area contributed by atoms with Crippen molar-refractivity contribution in [2.45, 2.75) is 10.9 Å². The van der Waals surface area contributed by atoms with Crippen molar-refractivity contribution in [3.05, 3.63) is 76.6 Å². The Bertz CT molecular complexity index is 908. The van der Waals surface area contributed by atoms with Crippen molar-refractivity contribution in [2.24, 2.45) is 5.10 Å². The Labute approximate surface area is 159 Å². The lowest BCUT2D eigenvalue weighted by Gasteiger charge is -2.02. The summed E-state index contributed by atoms with van der Waals surface area (Å²) in [6.07, 6.45) is 3.22. The average molecular weight is 387 g/mol. The number of carbonyl (C=O) groups excluding carboxylic acids is 1. The van der Waals surface area contributed by atoms with Crippen LogP contribution in [0.4, 0.5) is 0 Å². The Morgan fingerprint density at radius 3 is 2.65 bits per heavy atom. The fraction of sp³-hybridized carbons (Fsp3) is 0.111. The van der Waals surface area contributed by atoms with E-state index in [4.69, 9.17) is 11.6 Å². The number of benzene rings is 2. The number of aromatic nitrogens is 3. The van der Waals surface area contributed by atoms with Crippen LogP contribution in [0.25, 0.3) is 0 Å². The molecule has 0 unspecified atom stereocenters. The van der Waals surface area contributed by atoms with E-state index in [0.29, 0.717) is 15.7 Å². The van der Waals surface area contributed by atoms with Gasteiger partial charge in [0.25, 0.3) is 0 Å². The Morgan fingerprint density at radius 1 is 1.23 bits per heavy atom. The van der Waals surface area contributed by atoms with Crippen LogP contribution in [0.1, 0.15) is 21.5 Å². The number of hydrogen-bond acceptors (Lipinski definition) is 6. The van der Waals surface area contributed by atoms with Gasteiger partial charge in [0.15, 0.2) is 0 Å². The first-order valence-electron chi connectivity index (χ1n) is 7.66. The number of hydrogen-bond donors (Lipinski definition) is 0. The van der Waals surface area contributed by atoms with E-state index < -0.39 is 0 Å². The molecule has 132 valence electrons. The van der Waals surface area contributed by atoms with E-state index in [1.165, 1.54) is 18.9 Å². The van der Waals surface area contributed by atoms with Crippen molar-refractivity contribution in [1.82, 2.24) is 14.9 Å². The van der Waals surface area contributed by atoms with Crippen LogP contribution in [0.2, 0.25) is 5.02 Å². The molecule has 0 N–H and O–H groups in total. The van der Waals surface area contributed by atoms with Crippen molar-refractivity contribution in [1.29, 1.82) is 0 Å². The van der Waals surface area contributed by atoms with E-state index in [0.717, 1.165) is 16.9 Å². The predicted molar refractivity (Wildman–Crippen MR) is 102 cm³/mol. The monoisotopic (exact) mass is 386 g/mol. The maximum atomic E-state index is 11.4. The smallest absolute Gasteiger partial charge is 0.337 e. The van der Waals surface area contributed by atoms with Gasteiger partial charge in [-0.2, -0.15) is 9.78 Å². The number of nitrogens with zero attached hydrogens (tertiary/aromatic N) is 4. The lowest BCUT2D eigenvalue weighted by molar-refractivity contribution is 0.0600. The number of thioether (sulfide) groups is 1. The van der Waals surface area contributed by atoms with Crippen LogP contribution in [0.15, 0.2) is 65.1 Å². The third-order valence-electron chi connectivity index (χ3n) is 3.44. The van der Waals surface area contributed by atoms with Gasteiger partial charge in [-0.1, -0.05) is 47.6 Å². The first-order valence-corrected chi connectivity index (χ1v) is 9.02. The molecule has 0 aliphatic carbocycles. The maximum absolute atomic E-state index is 11.4. The predicted octanol–water partition coefficient (Wildman–Crippen LogP) is 3.89. The molecule has 0 saturated carbocycles. The number of esters is 1. The number of halogens is 1. The van der Waals surface area contributed by atoms with Crippen LogP contribution >= 0.6 is 23.4 Å². The lowest BCUT2D eigenvalue weighted by atomic mass is 10.1. The minimum absolute atomic E-state index is 0.367. The summed E-state index contributed by atoms with van der Waals surface area (Å²) in [6.45, 7) is 0. The summed E-state index contributed by atoms with van der Waals surface area (Å²) in [4.78, 5) is 11.4. The fourth-order valence-corrected chi connectivity index (χ4v) is 3.02. The highest BCUT2D eigenvalue weighted by molar-refractivity contribution is 7.98. The van der Waals surface area contributed by atoms with Gasteiger partial charge < -0.3 is 4.74 Å². The quantitative estimate of drug-likeness (QED) is 0.365. The van der Waals surface area contributed by atoms with Gasteiger partial charge in [-0.15, -0.1) is 10.2 Å². The molecule has 3 aromatic rings. The van der Waals surface area contributed by atoms with Gasteiger partial charge in [-0.05, 0) is 35.4 Å². The van der Waals surface area contributed by atoms with Crippen molar-refractivity contribution >= 4 is 35.5 Å². The zero-order chi connectivity index (χ0) is 18.4. The molecule has 0 bridgehead atoms. The van der Waals surface area contributed by atoms with E-state index in [1.54, 1.807) is 41.5 Å². The third-order valence-corrected chi connectivity index (χ3v) is 4.70. The fourth-order valence-electron chi connectivity index (χ4n) is 2.07. The van der Waals surface area contributed by atoms with Gasteiger partial charge in [0.05, 0.1) is 18.9 Å². The maximum Gasteiger partial charge on any atom is 0.337 e. The van der Waals surface area contributed by atoms with E-state index in [-0.39, 0.29) is 5.97 Å². The molecule has 0 radical (unpaired) electrons. The van der Waals surface area contributed by atoms with Crippen LogP contribution in [0.3, 0.4) is 0 Å². The molecule has 0 aliphatic heterocycles. The zero-order valence-corrected chi connectivity index (χ0v) is 15.4. The summed E-state index contributed by atoms with van der Waals surface area (Å²) >= 11 is 7.42. The molecular formula is C18H15ClN4O2S. The molecule has 1 heterocycles. The molecule has 26 heavy (non-hydrogen) atoms. The topological polar surface area (TPSA) is 69.4 Å². The number of rotatable bonds is 6. The standard InChI is InChI=1S/C18H15ClN4O2S/c1-25-17(24)15-6-2-13(3-7-15)10-21-23-12-20-22-18(23)26-11-14-4-8-16(19)9-5-14/h2-10,12H,11H2,1H3/b21-10-. The molecule has 8 heteroatoms. The summed E-state index contributed by atoms with van der Waals surface area (Å²) in [7, 11) is 1.35. The molecule has 0 saturated heterocycles. The van der Waals surface area contributed by atoms with E-state index in [9.17, 15) is 4.79 Å². The minimum Gasteiger partial charge on any atom is -0.465 e. The van der Waals surface area contributed by atoms with Crippen LogP contribution in [0, 0.1) is 0 Å². The van der Waals surface area contributed by atoms with Crippen molar-refractivity contribution in [3.63, 3.8) is 0 Å². The molecule has 6 nitrogen and oxygen atoms in total. The van der Waals surface area contributed by atoms with Crippen LogP contribution in [-0.4, -0.2) is 34.2 Å². The molecule has 0 amide bonds. The molecule has 0 aliphatic rings. The number of carbonyl (C=O) groups is 1. The highest BCUT2D eigenvalue weighted by Gasteiger charge is 2.06. The van der Waals surface area contributed by atoms with Gasteiger partial charge >= 0.3 is 5.97 Å². The van der Waals surface area contributed by atoms with Gasteiger partial charge in [-0.25, -0.2) is 4.79 Å². The molecule has 0 fully saturated rings. The van der Waals surface area contributed by atoms with E-state index in [2.05, 4.69) is 20.0 Å². The molecule has 3 rings (SSSR count). The summed E-state index contributed by atoms with van der Waals surface area (Å²) in [5.41, 5.74) is 2.48. The van der Waals surface area contributed by atoms with Crippen molar-refractivity contribution in [3.8, 4) is 0 Å². The molecule has 1 aromatic heterocycles. The lowest BCUT2D eigenvalue weighted by Crippen LogP contribution is -2.00. The summed E-state index contributed by atoms with van der Waals surface area (Å²) < 4.78 is 6.28.